The fraction of sp³-hybridized carbons (Fsp3) is 0.536. The Morgan fingerprint density at radius 3 is 1.35 bits per heavy atom. The van der Waals surface area contributed by atoms with Gasteiger partial charge in [0.2, 0.25) is 53.2 Å². The van der Waals surface area contributed by atoms with E-state index in [-0.39, 0.29) is 80.1 Å². The van der Waals surface area contributed by atoms with Gasteiger partial charge in [-0.2, -0.15) is 0 Å². The molecule has 0 spiro atoms. The Kier molecular flexibility index (Phi) is 39.7. The molecule has 0 radical (unpaired) electrons. The summed E-state index contributed by atoms with van der Waals surface area (Å²) in [6.07, 6.45) is 1.64. The standard InChI is InChI=1S/C69H101IN13O14P/c1-42(2)31-50(25-18-26-62(90)98-70)72-39-51(34-47-19-12-9-13-20-47)77-60(88)41-76-63(91)52(71)27-29-59(87)78-53(66(94)83-69(97)82-57(36-49-23-16-11-17-24-49)68(96)81-55(33-44(5)6)65(93)75-38-46(8)85)28-30-58(86)73-40-61(89)79-56(35-48-21-14-10-15-22-48)67(95)80-54(32-43(3)4)64(92)74-37-45(7)84/h9-17,19-24,42-44,50-57,72,90H,18,25-41,71H2,1-8H3,(H,73,86)(H,74,92)(H,75,93)(H,76,91)(H,77,88)(H,78,87)(H,79,89)(H,80,95)(H,81,96)(H2,82,83,94,97)/p-1. The molecule has 0 bridgehead atoms. The van der Waals surface area contributed by atoms with Gasteiger partial charge in [0.25, 0.3) is 5.91 Å². The number of Topliss-reactive ketones (excluding diaryl/α,β-unsaturated/α-hetero) is 2. The third kappa shape index (κ3) is 36.5. The molecule has 14 N–H and O–H groups in total. The average molecular weight is 1490 g/mol. The van der Waals surface area contributed by atoms with Crippen LogP contribution in [0.3, 0.4) is 0 Å². The summed E-state index contributed by atoms with van der Waals surface area (Å²) < 4.78 is 0. The van der Waals surface area contributed by atoms with E-state index < -0.39 is 140 Å². The Hall–Kier alpha value is -8.05. The summed E-state index contributed by atoms with van der Waals surface area (Å²) in [7, 11) is 0. The molecule has 0 saturated heterocycles. The van der Waals surface area contributed by atoms with Crippen molar-refractivity contribution < 1.29 is 67.4 Å². The van der Waals surface area contributed by atoms with E-state index in [4.69, 9.17) is 5.73 Å². The van der Waals surface area contributed by atoms with Crippen molar-refractivity contribution in [1.29, 1.82) is 0 Å². The van der Waals surface area contributed by atoms with Crippen LogP contribution in [0.25, 0.3) is 0 Å². The first-order valence-electron chi connectivity index (χ1n) is 33.1. The third-order valence-corrected chi connectivity index (χ3v) is 17.1. The molecular formula is C69H100IN13O14P-. The van der Waals surface area contributed by atoms with Gasteiger partial charge in [-0.05, 0) is 134 Å². The minimum Gasteiger partial charge on any atom is -0.827 e. The number of nitrogens with one attached hydrogen (secondary N) is 12. The molecule has 0 aromatic heterocycles. The SMILES string of the molecule is CC(=O)CNC(=O)C(CC(C)C)NC(=O)C(Cc1ccccc1)NC(=O)CNC(=O)CCC(NC(=O)CCC(N)C(=O)NCC(=O)NC(CNC(CCCC([O-])=PI)CC(C)C)Cc1ccccc1)C(=O)NC(=O)NC(Cc1ccccc1)C(=O)NC(CC(C)C)C(=O)NCC(C)=O. The third-order valence-electron chi connectivity index (χ3n) is 15.1. The summed E-state index contributed by atoms with van der Waals surface area (Å²) in [6, 6.07) is 17.3. The number of carbonyl (C=O) groups is 13. The number of hydrogen-bond acceptors (Lipinski definition) is 16. The van der Waals surface area contributed by atoms with Crippen LogP contribution in [0.5, 0.6) is 0 Å². The van der Waals surface area contributed by atoms with E-state index in [1.54, 1.807) is 60.7 Å². The number of halogens is 1. The zero-order valence-corrected chi connectivity index (χ0v) is 60.4. The van der Waals surface area contributed by atoms with Crippen LogP contribution in [-0.2, 0) is 76.8 Å². The molecule has 0 heterocycles. The second-order valence-electron chi connectivity index (χ2n) is 25.6. The van der Waals surface area contributed by atoms with Crippen LogP contribution < -0.4 is 74.6 Å². The second kappa shape index (κ2) is 46.3. The number of imide groups is 1. The molecule has 8 atom stereocenters. The first kappa shape index (κ1) is 84.2. The lowest BCUT2D eigenvalue weighted by molar-refractivity contribution is -0.212. The van der Waals surface area contributed by atoms with Gasteiger partial charge in [-0.15, -0.1) is 5.48 Å². The smallest absolute Gasteiger partial charge is 0.322 e. The van der Waals surface area contributed by atoms with Crippen molar-refractivity contribution in [2.45, 2.75) is 187 Å². The van der Waals surface area contributed by atoms with Gasteiger partial charge in [-0.25, -0.2) is 4.79 Å². The van der Waals surface area contributed by atoms with Crippen LogP contribution in [-0.4, -0.2) is 163 Å². The first-order chi connectivity index (χ1) is 46.5. The van der Waals surface area contributed by atoms with Gasteiger partial charge < -0.3 is 69.3 Å². The molecule has 3 rings (SSSR count). The number of rotatable bonds is 45. The topological polar surface area (TPSA) is 415 Å². The van der Waals surface area contributed by atoms with E-state index >= 15 is 0 Å². The van der Waals surface area contributed by atoms with E-state index in [1.807, 2.05) is 80.1 Å². The number of ketones is 2. The number of benzene rings is 3. The van der Waals surface area contributed by atoms with Crippen molar-refractivity contribution in [2.24, 2.45) is 23.5 Å². The molecule has 3 aromatic rings. The zero-order chi connectivity index (χ0) is 72.7. The van der Waals surface area contributed by atoms with E-state index in [0.29, 0.717) is 42.3 Å². The van der Waals surface area contributed by atoms with Crippen molar-refractivity contribution in [3.05, 3.63) is 108 Å². The highest BCUT2D eigenvalue weighted by Crippen LogP contribution is 2.17. The van der Waals surface area contributed by atoms with Crippen LogP contribution in [0.4, 0.5) is 4.79 Å². The average Bonchev–Trinajstić information content (AvgIpc) is 0.903. The maximum Gasteiger partial charge on any atom is 0.322 e. The predicted octanol–water partition coefficient (Wildman–Crippen LogP) is 1.92. The normalized spacial score (nSPS) is 13.8. The predicted molar refractivity (Wildman–Crippen MR) is 380 cm³/mol. The maximum absolute atomic E-state index is 14.2. The largest absolute Gasteiger partial charge is 0.827 e. The molecule has 0 saturated carbocycles. The summed E-state index contributed by atoms with van der Waals surface area (Å²) >= 11 is 2.04. The Balaban J connectivity index is 1.82. The number of carbonyl (C=O) groups excluding carboxylic acids is 13. The molecule has 0 aliphatic carbocycles. The van der Waals surface area contributed by atoms with Crippen LogP contribution in [0.15, 0.2) is 91.0 Å². The molecule has 0 aliphatic heterocycles. The van der Waals surface area contributed by atoms with E-state index in [1.165, 1.54) is 13.8 Å². The van der Waals surface area contributed by atoms with Crippen LogP contribution in [0.2, 0.25) is 0 Å². The van der Waals surface area contributed by atoms with Crippen molar-refractivity contribution >= 4 is 110 Å². The molecule has 538 valence electrons. The van der Waals surface area contributed by atoms with E-state index in [2.05, 4.69) is 77.6 Å². The Morgan fingerprint density at radius 1 is 0.429 bits per heavy atom. The molecule has 0 fully saturated rings. The second-order valence-corrected chi connectivity index (χ2v) is 27.7. The Bertz CT molecular complexity index is 3130. The summed E-state index contributed by atoms with van der Waals surface area (Å²) in [5, 5.41) is 43.6. The molecule has 12 amide bonds. The molecule has 98 heavy (non-hydrogen) atoms. The molecule has 0 aliphatic rings. The lowest BCUT2D eigenvalue weighted by Gasteiger charge is -2.26. The minimum absolute atomic E-state index is 0.0259. The number of urea groups is 1. The van der Waals surface area contributed by atoms with Crippen molar-refractivity contribution in [2.75, 3.05) is 32.7 Å². The quantitative estimate of drug-likeness (QED) is 0.0284. The summed E-state index contributed by atoms with van der Waals surface area (Å²) in [5.41, 5.74) is 8.60. The fourth-order valence-corrected chi connectivity index (χ4v) is 11.2. The Morgan fingerprint density at radius 2 is 0.867 bits per heavy atom. The monoisotopic (exact) mass is 1490 g/mol. The minimum atomic E-state index is -1.67. The summed E-state index contributed by atoms with van der Waals surface area (Å²) in [6.45, 7) is 12.8. The maximum atomic E-state index is 14.2. The van der Waals surface area contributed by atoms with Crippen molar-refractivity contribution in [3.63, 3.8) is 0 Å². The van der Waals surface area contributed by atoms with E-state index in [9.17, 15) is 67.4 Å². The van der Waals surface area contributed by atoms with Gasteiger partial charge >= 0.3 is 6.03 Å². The first-order valence-corrected chi connectivity index (χ1v) is 36.8. The fourth-order valence-electron chi connectivity index (χ4n) is 10.2. The molecular weight excluding hydrogens is 1390 g/mol. The van der Waals surface area contributed by atoms with Crippen molar-refractivity contribution in [3.8, 4) is 0 Å². The van der Waals surface area contributed by atoms with Gasteiger partial charge in [0.15, 0.2) is 0 Å². The van der Waals surface area contributed by atoms with Crippen LogP contribution >= 0.6 is 27.9 Å². The Labute approximate surface area is 589 Å². The highest BCUT2D eigenvalue weighted by molar-refractivity contribution is 14.2. The van der Waals surface area contributed by atoms with E-state index in [0.717, 1.165) is 24.8 Å². The number of nitrogens with two attached hydrogens (primary N) is 1. The van der Waals surface area contributed by atoms with Gasteiger partial charge in [-0.3, -0.25) is 62.9 Å². The molecule has 29 heteroatoms. The summed E-state index contributed by atoms with van der Waals surface area (Å²) in [5.74, 6) is -7.47. The van der Waals surface area contributed by atoms with Gasteiger partial charge in [0.05, 0.1) is 32.2 Å². The van der Waals surface area contributed by atoms with Crippen molar-refractivity contribution in [1.82, 2.24) is 63.8 Å². The highest BCUT2D eigenvalue weighted by atomic mass is 127. The van der Waals surface area contributed by atoms with Crippen LogP contribution in [0, 0.1) is 17.8 Å². The molecule has 8 unspecified atom stereocenters. The molecule has 3 aromatic carbocycles. The van der Waals surface area contributed by atoms with Gasteiger partial charge in [0, 0.05) is 44.3 Å². The van der Waals surface area contributed by atoms with Crippen LogP contribution in [0.1, 0.15) is 136 Å². The number of hydrogen-bond donors (Lipinski definition) is 13. The lowest BCUT2D eigenvalue weighted by Crippen LogP contribution is -2.58. The zero-order valence-electron chi connectivity index (χ0n) is 57.4. The molecule has 27 nitrogen and oxygen atoms in total. The number of amides is 12. The summed E-state index contributed by atoms with van der Waals surface area (Å²) in [4.78, 5) is 173. The van der Waals surface area contributed by atoms with Gasteiger partial charge in [0.1, 0.15) is 41.8 Å². The lowest BCUT2D eigenvalue weighted by atomic mass is 9.98. The highest BCUT2D eigenvalue weighted by Gasteiger charge is 2.32. The van der Waals surface area contributed by atoms with Gasteiger partial charge in [-0.1, -0.05) is 133 Å².